The van der Waals surface area contributed by atoms with Gasteiger partial charge < -0.3 is 5.32 Å². The smallest absolute Gasteiger partial charge is 0.180 e. The van der Waals surface area contributed by atoms with Gasteiger partial charge in [-0.05, 0) is 28.9 Å². The Kier molecular flexibility index (Phi) is 3.47. The summed E-state index contributed by atoms with van der Waals surface area (Å²) in [4.78, 5) is 0. The van der Waals surface area contributed by atoms with Crippen molar-refractivity contribution in [2.45, 2.75) is 12.3 Å². The van der Waals surface area contributed by atoms with Gasteiger partial charge in [-0.2, -0.15) is 0 Å². The van der Waals surface area contributed by atoms with Crippen molar-refractivity contribution in [1.29, 1.82) is 0 Å². The molecule has 6 heteroatoms. The number of benzene rings is 1. The fourth-order valence-corrected chi connectivity index (χ4v) is 2.87. The Hall–Kier alpha value is -0.260. The average molecular weight is 315 g/mol. The molecule has 1 aromatic rings. The molecule has 1 atom stereocenters. The molecule has 0 amide bonds. The topological polar surface area (TPSA) is 12.0 Å². The fraction of sp³-hybridized carbons (Fsp3) is 0.400. The van der Waals surface area contributed by atoms with Crippen LogP contribution in [0.3, 0.4) is 0 Å². The van der Waals surface area contributed by atoms with Crippen molar-refractivity contribution in [2.75, 3.05) is 13.1 Å². The van der Waals surface area contributed by atoms with Gasteiger partial charge in [0.15, 0.2) is 17.5 Å². The van der Waals surface area contributed by atoms with Crippen LogP contribution in [0.1, 0.15) is 17.9 Å². The van der Waals surface area contributed by atoms with E-state index in [1.54, 1.807) is 0 Å². The number of hydrogen-bond donors (Lipinski definition) is 1. The van der Waals surface area contributed by atoms with Crippen LogP contribution in [0.5, 0.6) is 0 Å². The minimum Gasteiger partial charge on any atom is -0.316 e. The second kappa shape index (κ2) is 4.55. The van der Waals surface area contributed by atoms with E-state index < -0.39 is 22.5 Å². The first-order valence-electron chi connectivity index (χ1n) is 4.76. The molecule has 1 heterocycles. The lowest BCUT2D eigenvalue weighted by Gasteiger charge is -2.14. The van der Waals surface area contributed by atoms with E-state index in [4.69, 9.17) is 11.6 Å². The van der Waals surface area contributed by atoms with Crippen molar-refractivity contribution in [3.05, 3.63) is 32.5 Å². The summed E-state index contributed by atoms with van der Waals surface area (Å²) in [6.45, 7) is 1.22. The Bertz CT molecular complexity index is 404. The maximum Gasteiger partial charge on any atom is 0.180 e. The van der Waals surface area contributed by atoms with Crippen LogP contribution >= 0.6 is 27.5 Å². The van der Waals surface area contributed by atoms with Gasteiger partial charge in [-0.3, -0.25) is 0 Å². The molecule has 0 radical (unpaired) electrons. The summed E-state index contributed by atoms with van der Waals surface area (Å²) in [7, 11) is 0. The molecule has 0 aliphatic carbocycles. The number of rotatable bonds is 1. The van der Waals surface area contributed by atoms with Crippen molar-refractivity contribution < 1.29 is 13.2 Å². The van der Waals surface area contributed by atoms with Crippen LogP contribution in [0.2, 0.25) is 5.02 Å². The van der Waals surface area contributed by atoms with E-state index in [-0.39, 0.29) is 16.0 Å². The quantitative estimate of drug-likeness (QED) is 0.617. The summed E-state index contributed by atoms with van der Waals surface area (Å²) in [5.74, 6) is -3.55. The molecule has 1 saturated heterocycles. The van der Waals surface area contributed by atoms with Gasteiger partial charge in [-0.25, -0.2) is 13.2 Å². The zero-order valence-electron chi connectivity index (χ0n) is 8.09. The third kappa shape index (κ3) is 1.85. The van der Waals surface area contributed by atoms with E-state index in [1.165, 1.54) is 0 Å². The summed E-state index contributed by atoms with van der Waals surface area (Å²) in [6, 6.07) is 0. The van der Waals surface area contributed by atoms with Gasteiger partial charge in [0.05, 0.1) is 4.47 Å². The summed E-state index contributed by atoms with van der Waals surface area (Å²) >= 11 is 8.26. The molecule has 1 unspecified atom stereocenters. The summed E-state index contributed by atoms with van der Waals surface area (Å²) in [6.07, 6.45) is 0.649. The Morgan fingerprint density at radius 2 is 1.88 bits per heavy atom. The molecular weight excluding hydrogens is 306 g/mol. The third-order valence-corrected chi connectivity index (χ3v) is 3.82. The molecule has 88 valence electrons. The molecule has 1 aromatic carbocycles. The molecule has 0 spiro atoms. The van der Waals surface area contributed by atoms with Crippen LogP contribution in [0, 0.1) is 17.5 Å². The van der Waals surface area contributed by atoms with Crippen molar-refractivity contribution >= 4 is 27.5 Å². The molecule has 0 aromatic heterocycles. The largest absolute Gasteiger partial charge is 0.316 e. The number of nitrogens with one attached hydrogen (secondary N) is 1. The van der Waals surface area contributed by atoms with Gasteiger partial charge in [-0.15, -0.1) is 0 Å². The molecule has 16 heavy (non-hydrogen) atoms. The highest BCUT2D eigenvalue weighted by molar-refractivity contribution is 9.10. The molecule has 1 nitrogen and oxygen atoms in total. The average Bonchev–Trinajstić information content (AvgIpc) is 2.77. The van der Waals surface area contributed by atoms with E-state index in [1.807, 2.05) is 0 Å². The standard InChI is InChI=1S/C10H8BrClF3N/c11-6-5(4-1-2-16-3-4)8(13)10(15)7(12)9(6)14/h4,16H,1-3H2. The molecule has 1 N–H and O–H groups in total. The third-order valence-electron chi connectivity index (χ3n) is 2.71. The second-order valence-electron chi connectivity index (χ2n) is 3.67. The highest BCUT2D eigenvalue weighted by Crippen LogP contribution is 2.38. The van der Waals surface area contributed by atoms with Crippen molar-refractivity contribution in [3.63, 3.8) is 0 Å². The van der Waals surface area contributed by atoms with E-state index in [0.29, 0.717) is 19.5 Å². The maximum atomic E-state index is 13.7. The first-order chi connectivity index (χ1) is 7.54. The Balaban J connectivity index is 2.59. The minimum atomic E-state index is -1.32. The Morgan fingerprint density at radius 1 is 1.19 bits per heavy atom. The summed E-state index contributed by atoms with van der Waals surface area (Å²) in [5.41, 5.74) is 0.0319. The molecule has 1 aliphatic heterocycles. The fourth-order valence-electron chi connectivity index (χ4n) is 1.88. The molecule has 1 aliphatic rings. The Labute approximate surface area is 104 Å². The van der Waals surface area contributed by atoms with Crippen LogP contribution in [-0.4, -0.2) is 13.1 Å². The maximum absolute atomic E-state index is 13.7. The number of hydrogen-bond acceptors (Lipinski definition) is 1. The predicted octanol–water partition coefficient (Wildman–Crippen LogP) is 3.60. The van der Waals surface area contributed by atoms with Gasteiger partial charge in [-0.1, -0.05) is 11.6 Å². The minimum absolute atomic E-state index is 0.0319. The van der Waals surface area contributed by atoms with E-state index in [0.717, 1.165) is 0 Å². The van der Waals surface area contributed by atoms with Crippen LogP contribution < -0.4 is 5.32 Å². The normalized spacial score (nSPS) is 20.4. The van der Waals surface area contributed by atoms with E-state index in [9.17, 15) is 13.2 Å². The molecule has 1 fully saturated rings. The molecule has 0 saturated carbocycles. The first kappa shape index (κ1) is 12.2. The lowest BCUT2D eigenvalue weighted by Crippen LogP contribution is -2.11. The van der Waals surface area contributed by atoms with Crippen LogP contribution in [0.25, 0.3) is 0 Å². The van der Waals surface area contributed by atoms with Crippen LogP contribution in [0.15, 0.2) is 4.47 Å². The SMILES string of the molecule is Fc1c(F)c(C2CCNC2)c(Br)c(F)c1Cl. The molecular formula is C10H8BrClF3N. The van der Waals surface area contributed by atoms with Gasteiger partial charge in [0, 0.05) is 18.0 Å². The van der Waals surface area contributed by atoms with Gasteiger partial charge in [0.1, 0.15) is 5.02 Å². The predicted molar refractivity (Wildman–Crippen MR) is 59.3 cm³/mol. The Morgan fingerprint density at radius 3 is 2.44 bits per heavy atom. The summed E-state index contributed by atoms with van der Waals surface area (Å²) < 4.78 is 40.4. The van der Waals surface area contributed by atoms with Crippen molar-refractivity contribution in [1.82, 2.24) is 5.32 Å². The first-order valence-corrected chi connectivity index (χ1v) is 5.93. The zero-order chi connectivity index (χ0) is 11.9. The van der Waals surface area contributed by atoms with E-state index in [2.05, 4.69) is 21.2 Å². The molecule has 0 bridgehead atoms. The van der Waals surface area contributed by atoms with Crippen LogP contribution in [-0.2, 0) is 0 Å². The molecule has 2 rings (SSSR count). The van der Waals surface area contributed by atoms with Crippen molar-refractivity contribution in [2.24, 2.45) is 0 Å². The summed E-state index contributed by atoms with van der Waals surface area (Å²) in [5, 5.41) is 2.21. The monoisotopic (exact) mass is 313 g/mol. The number of halogens is 5. The van der Waals surface area contributed by atoms with Gasteiger partial charge in [0.2, 0.25) is 0 Å². The second-order valence-corrected chi connectivity index (χ2v) is 4.84. The van der Waals surface area contributed by atoms with Crippen molar-refractivity contribution in [3.8, 4) is 0 Å². The van der Waals surface area contributed by atoms with Crippen LogP contribution in [0.4, 0.5) is 13.2 Å². The zero-order valence-corrected chi connectivity index (χ0v) is 10.4. The van der Waals surface area contributed by atoms with E-state index >= 15 is 0 Å². The lowest BCUT2D eigenvalue weighted by molar-refractivity contribution is 0.474. The lowest BCUT2D eigenvalue weighted by atomic mass is 9.97. The highest BCUT2D eigenvalue weighted by Gasteiger charge is 2.29. The van der Waals surface area contributed by atoms with Gasteiger partial charge >= 0.3 is 0 Å². The highest BCUT2D eigenvalue weighted by atomic mass is 79.9. The van der Waals surface area contributed by atoms with Gasteiger partial charge in [0.25, 0.3) is 0 Å².